The number of imide groups is 1. The van der Waals surface area contributed by atoms with E-state index in [4.69, 9.17) is 5.26 Å². The lowest BCUT2D eigenvalue weighted by molar-refractivity contribution is -0.132. The first-order chi connectivity index (χ1) is 11.4. The normalized spacial score (nSPS) is 27.9. The molecular weight excluding hydrogens is 304 g/mol. The van der Waals surface area contributed by atoms with Gasteiger partial charge in [0.25, 0.3) is 5.91 Å². The van der Waals surface area contributed by atoms with Crippen molar-refractivity contribution in [1.29, 1.82) is 5.26 Å². The van der Waals surface area contributed by atoms with Crippen LogP contribution in [0.5, 0.6) is 0 Å². The average molecular weight is 326 g/mol. The number of hydrogen-bond acceptors (Lipinski definition) is 4. The number of likely N-dealkylation sites (N-methyl/N-ethyl adjacent to an activating group) is 1. The minimum absolute atomic E-state index is 0.0896. The van der Waals surface area contributed by atoms with Gasteiger partial charge in [0, 0.05) is 26.1 Å². The number of benzene rings is 1. The van der Waals surface area contributed by atoms with Gasteiger partial charge in [-0.05, 0) is 44.0 Å². The van der Waals surface area contributed by atoms with Crippen molar-refractivity contribution in [3.05, 3.63) is 35.4 Å². The highest BCUT2D eigenvalue weighted by Crippen LogP contribution is 2.32. The van der Waals surface area contributed by atoms with Crippen molar-refractivity contribution >= 4 is 11.9 Å². The Kier molecular flexibility index (Phi) is 4.29. The van der Waals surface area contributed by atoms with Crippen LogP contribution in [0.3, 0.4) is 0 Å². The van der Waals surface area contributed by atoms with Crippen LogP contribution in [-0.4, -0.2) is 47.4 Å². The highest BCUT2D eigenvalue weighted by Gasteiger charge is 2.51. The van der Waals surface area contributed by atoms with Gasteiger partial charge in [-0.2, -0.15) is 5.26 Å². The van der Waals surface area contributed by atoms with Crippen LogP contribution < -0.4 is 5.32 Å². The molecule has 0 spiro atoms. The Balaban J connectivity index is 1.72. The van der Waals surface area contributed by atoms with Crippen molar-refractivity contribution < 1.29 is 9.59 Å². The molecule has 0 saturated carbocycles. The molecule has 0 aromatic heterocycles. The molecule has 3 rings (SSSR count). The highest BCUT2D eigenvalue weighted by molar-refractivity contribution is 6.06. The maximum atomic E-state index is 12.5. The van der Waals surface area contributed by atoms with Gasteiger partial charge >= 0.3 is 6.03 Å². The van der Waals surface area contributed by atoms with E-state index < -0.39 is 5.54 Å². The van der Waals surface area contributed by atoms with E-state index in [-0.39, 0.29) is 17.9 Å². The zero-order valence-corrected chi connectivity index (χ0v) is 14.1. The molecule has 0 unspecified atom stereocenters. The van der Waals surface area contributed by atoms with Crippen LogP contribution in [0.25, 0.3) is 0 Å². The molecule has 0 radical (unpaired) electrons. The summed E-state index contributed by atoms with van der Waals surface area (Å²) in [4.78, 5) is 27.8. The topological polar surface area (TPSA) is 76.4 Å². The third-order valence-corrected chi connectivity index (χ3v) is 5.20. The summed E-state index contributed by atoms with van der Waals surface area (Å²) in [5.74, 6) is -0.0578. The molecule has 6 nitrogen and oxygen atoms in total. The van der Waals surface area contributed by atoms with E-state index in [1.807, 2.05) is 25.1 Å². The smallest absolute Gasteiger partial charge is 0.323 e. The zero-order chi connectivity index (χ0) is 17.3. The predicted molar refractivity (Wildman–Crippen MR) is 88.9 cm³/mol. The van der Waals surface area contributed by atoms with Crippen LogP contribution >= 0.6 is 0 Å². The fourth-order valence-electron chi connectivity index (χ4n) is 3.74. The Morgan fingerprint density at radius 3 is 2.88 bits per heavy atom. The number of likely N-dealkylation sites (tertiary alicyclic amines) is 1. The number of nitrogens with one attached hydrogen (secondary N) is 1. The van der Waals surface area contributed by atoms with Gasteiger partial charge in [-0.15, -0.1) is 0 Å². The Bertz CT molecular complexity index is 711. The SMILES string of the molecule is CN1C(=O)N[C@@](C)([C@@H]2CCCN(Cc3cccc(C#N)c3)C2)C1=O. The first-order valence-electron chi connectivity index (χ1n) is 8.26. The summed E-state index contributed by atoms with van der Waals surface area (Å²) in [6, 6.07) is 9.46. The minimum atomic E-state index is -0.820. The summed E-state index contributed by atoms with van der Waals surface area (Å²) in [7, 11) is 1.52. The molecule has 0 aliphatic carbocycles. The second-order valence-electron chi connectivity index (χ2n) is 6.88. The fraction of sp³-hybridized carbons (Fsp3) is 0.500. The third kappa shape index (κ3) is 2.87. The van der Waals surface area contributed by atoms with Crippen LogP contribution in [-0.2, 0) is 11.3 Å². The van der Waals surface area contributed by atoms with E-state index in [0.29, 0.717) is 5.56 Å². The van der Waals surface area contributed by atoms with Crippen molar-refractivity contribution in [3.63, 3.8) is 0 Å². The number of amides is 3. The molecule has 24 heavy (non-hydrogen) atoms. The van der Waals surface area contributed by atoms with Crippen molar-refractivity contribution in [1.82, 2.24) is 15.1 Å². The number of piperidine rings is 1. The number of carbonyl (C=O) groups excluding carboxylic acids is 2. The van der Waals surface area contributed by atoms with Gasteiger partial charge in [-0.25, -0.2) is 4.79 Å². The van der Waals surface area contributed by atoms with E-state index in [2.05, 4.69) is 16.3 Å². The third-order valence-electron chi connectivity index (χ3n) is 5.20. The van der Waals surface area contributed by atoms with Gasteiger partial charge in [0.15, 0.2) is 0 Å². The predicted octanol–water partition coefficient (Wildman–Crippen LogP) is 1.71. The summed E-state index contributed by atoms with van der Waals surface area (Å²) in [5.41, 5.74) is 0.936. The molecule has 2 heterocycles. The van der Waals surface area contributed by atoms with Crippen molar-refractivity contribution in [2.75, 3.05) is 20.1 Å². The lowest BCUT2D eigenvalue weighted by Gasteiger charge is -2.39. The van der Waals surface area contributed by atoms with Gasteiger partial charge in [-0.3, -0.25) is 14.6 Å². The summed E-state index contributed by atoms with van der Waals surface area (Å²) in [6.07, 6.45) is 1.91. The molecule has 2 atom stereocenters. The van der Waals surface area contributed by atoms with Gasteiger partial charge in [0.05, 0.1) is 11.6 Å². The molecule has 3 amide bonds. The van der Waals surface area contributed by atoms with Crippen LogP contribution in [0.2, 0.25) is 0 Å². The lowest BCUT2D eigenvalue weighted by atomic mass is 9.80. The molecule has 2 fully saturated rings. The lowest BCUT2D eigenvalue weighted by Crippen LogP contribution is -2.55. The summed E-state index contributed by atoms with van der Waals surface area (Å²) in [5, 5.41) is 11.9. The van der Waals surface area contributed by atoms with Crippen molar-refractivity contribution in [2.24, 2.45) is 5.92 Å². The summed E-state index contributed by atoms with van der Waals surface area (Å²) >= 11 is 0. The molecule has 2 aliphatic heterocycles. The molecule has 2 saturated heterocycles. The Hall–Kier alpha value is -2.39. The van der Waals surface area contributed by atoms with E-state index in [9.17, 15) is 9.59 Å². The van der Waals surface area contributed by atoms with E-state index in [0.717, 1.165) is 38.0 Å². The maximum Gasteiger partial charge on any atom is 0.324 e. The summed E-state index contributed by atoms with van der Waals surface area (Å²) in [6.45, 7) is 4.30. The van der Waals surface area contributed by atoms with Crippen LogP contribution in [0.4, 0.5) is 4.79 Å². The number of nitrogens with zero attached hydrogens (tertiary/aromatic N) is 3. The Morgan fingerprint density at radius 1 is 1.42 bits per heavy atom. The number of urea groups is 1. The number of rotatable bonds is 3. The minimum Gasteiger partial charge on any atom is -0.323 e. The molecule has 126 valence electrons. The second kappa shape index (κ2) is 6.25. The second-order valence-corrected chi connectivity index (χ2v) is 6.88. The van der Waals surface area contributed by atoms with Crippen molar-refractivity contribution in [2.45, 2.75) is 31.8 Å². The van der Waals surface area contributed by atoms with Crippen LogP contribution in [0, 0.1) is 17.2 Å². The van der Waals surface area contributed by atoms with Crippen LogP contribution in [0.1, 0.15) is 30.9 Å². The largest absolute Gasteiger partial charge is 0.324 e. The molecule has 1 aromatic carbocycles. The highest BCUT2D eigenvalue weighted by atomic mass is 16.2. The van der Waals surface area contributed by atoms with Crippen molar-refractivity contribution in [3.8, 4) is 6.07 Å². The maximum absolute atomic E-state index is 12.5. The molecule has 2 aliphatic rings. The van der Waals surface area contributed by atoms with Gasteiger partial charge < -0.3 is 5.32 Å². The average Bonchev–Trinajstić information content (AvgIpc) is 2.79. The Labute approximate surface area is 142 Å². The van der Waals surface area contributed by atoms with E-state index in [1.54, 1.807) is 6.07 Å². The van der Waals surface area contributed by atoms with E-state index >= 15 is 0 Å². The first-order valence-corrected chi connectivity index (χ1v) is 8.26. The van der Waals surface area contributed by atoms with Crippen LogP contribution in [0.15, 0.2) is 24.3 Å². The van der Waals surface area contributed by atoms with E-state index in [1.165, 1.54) is 11.9 Å². The quantitative estimate of drug-likeness (QED) is 0.858. The monoisotopic (exact) mass is 326 g/mol. The standard InChI is InChI=1S/C18H22N4O2/c1-18(16(23)21(2)17(24)20-18)15-7-4-8-22(12-15)11-14-6-3-5-13(9-14)10-19/h3,5-6,9,15H,4,7-8,11-12H2,1-2H3,(H,20,24)/t15-,18+/m1/s1. The van der Waals surface area contributed by atoms with Gasteiger partial charge in [0.2, 0.25) is 0 Å². The molecule has 1 N–H and O–H groups in total. The number of nitriles is 1. The molecule has 6 heteroatoms. The molecular formula is C18H22N4O2. The van der Waals surface area contributed by atoms with Gasteiger partial charge in [0.1, 0.15) is 5.54 Å². The number of hydrogen-bond donors (Lipinski definition) is 1. The fourth-order valence-corrected chi connectivity index (χ4v) is 3.74. The van der Waals surface area contributed by atoms with Gasteiger partial charge in [-0.1, -0.05) is 12.1 Å². The Morgan fingerprint density at radius 2 is 2.21 bits per heavy atom. The first kappa shape index (κ1) is 16.5. The number of carbonyl (C=O) groups is 2. The molecule has 1 aromatic rings. The zero-order valence-electron chi connectivity index (χ0n) is 14.1. The molecule has 0 bridgehead atoms. The summed E-state index contributed by atoms with van der Waals surface area (Å²) < 4.78 is 0.